The third-order valence-electron chi connectivity index (χ3n) is 4.02. The Morgan fingerprint density at radius 2 is 1.92 bits per heavy atom. The first kappa shape index (κ1) is 18.0. The third-order valence-corrected chi connectivity index (χ3v) is 4.26. The van der Waals surface area contributed by atoms with E-state index in [1.54, 1.807) is 31.3 Å². The molecule has 1 N–H and O–H groups in total. The van der Waals surface area contributed by atoms with E-state index in [4.69, 9.17) is 16.3 Å². The molecule has 134 valence electrons. The maximum atomic E-state index is 12.6. The summed E-state index contributed by atoms with van der Waals surface area (Å²) in [5.41, 5.74) is 3.04. The monoisotopic (exact) mass is 370 g/mol. The Bertz CT molecular complexity index is 875. The summed E-state index contributed by atoms with van der Waals surface area (Å²) in [6.07, 6.45) is 1.75. The number of nitrogens with one attached hydrogen (secondary N) is 1. The van der Waals surface area contributed by atoms with Crippen LogP contribution in [0.5, 0.6) is 5.75 Å². The molecular formula is C20H19ClN2O3. The van der Waals surface area contributed by atoms with Crippen LogP contribution in [-0.2, 0) is 9.59 Å². The van der Waals surface area contributed by atoms with Gasteiger partial charge >= 0.3 is 0 Å². The molecule has 3 rings (SSSR count). The molecule has 0 saturated heterocycles. The van der Waals surface area contributed by atoms with Crippen molar-refractivity contribution < 1.29 is 14.3 Å². The second kappa shape index (κ2) is 7.62. The van der Waals surface area contributed by atoms with Crippen molar-refractivity contribution >= 4 is 35.2 Å². The van der Waals surface area contributed by atoms with Gasteiger partial charge in [0.05, 0.1) is 12.1 Å². The largest absolute Gasteiger partial charge is 0.488 e. The van der Waals surface area contributed by atoms with Crippen LogP contribution >= 0.6 is 11.6 Å². The number of nitrogens with zero attached hydrogens (tertiary/aromatic N) is 1. The topological polar surface area (TPSA) is 58.6 Å². The van der Waals surface area contributed by atoms with Crippen molar-refractivity contribution in [2.24, 2.45) is 0 Å². The van der Waals surface area contributed by atoms with Gasteiger partial charge in [0.15, 0.2) is 0 Å². The summed E-state index contributed by atoms with van der Waals surface area (Å²) in [6.45, 7) is 2.09. The SMILES string of the molecule is Cc1ccc(NC(=O)CN(C)C(=O)C2=Cc3cc(Cl)ccc3OC2)cc1. The number of amides is 2. The van der Waals surface area contributed by atoms with Crippen molar-refractivity contribution in [2.45, 2.75) is 6.92 Å². The molecule has 0 fully saturated rings. The molecule has 1 heterocycles. The van der Waals surface area contributed by atoms with E-state index in [0.29, 0.717) is 22.0 Å². The van der Waals surface area contributed by atoms with Gasteiger partial charge in [-0.25, -0.2) is 0 Å². The van der Waals surface area contributed by atoms with Crippen LogP contribution in [0.1, 0.15) is 11.1 Å². The molecule has 5 nitrogen and oxygen atoms in total. The fourth-order valence-electron chi connectivity index (χ4n) is 2.64. The van der Waals surface area contributed by atoms with E-state index in [0.717, 1.165) is 11.1 Å². The molecule has 26 heavy (non-hydrogen) atoms. The molecule has 0 radical (unpaired) electrons. The highest BCUT2D eigenvalue weighted by Crippen LogP contribution is 2.29. The summed E-state index contributed by atoms with van der Waals surface area (Å²) < 4.78 is 5.60. The van der Waals surface area contributed by atoms with Gasteiger partial charge in [0.2, 0.25) is 5.91 Å². The zero-order chi connectivity index (χ0) is 18.7. The quantitative estimate of drug-likeness (QED) is 0.895. The molecule has 6 heteroatoms. The van der Waals surface area contributed by atoms with Gasteiger partial charge in [-0.2, -0.15) is 0 Å². The van der Waals surface area contributed by atoms with Gasteiger partial charge in [-0.15, -0.1) is 0 Å². The lowest BCUT2D eigenvalue weighted by Gasteiger charge is -2.22. The average molecular weight is 371 g/mol. The predicted molar refractivity (Wildman–Crippen MR) is 102 cm³/mol. The van der Waals surface area contributed by atoms with E-state index in [1.807, 2.05) is 31.2 Å². The number of carbonyl (C=O) groups is 2. The zero-order valence-electron chi connectivity index (χ0n) is 14.6. The Morgan fingerprint density at radius 3 is 2.65 bits per heavy atom. The fraction of sp³-hybridized carbons (Fsp3) is 0.200. The summed E-state index contributed by atoms with van der Waals surface area (Å²) in [4.78, 5) is 26.1. The maximum Gasteiger partial charge on any atom is 0.253 e. The Labute approximate surface area is 157 Å². The minimum atomic E-state index is -0.259. The summed E-state index contributed by atoms with van der Waals surface area (Å²) in [6, 6.07) is 12.7. The molecule has 0 bridgehead atoms. The van der Waals surface area contributed by atoms with Gasteiger partial charge in [-0.3, -0.25) is 9.59 Å². The van der Waals surface area contributed by atoms with E-state index in [9.17, 15) is 9.59 Å². The highest BCUT2D eigenvalue weighted by molar-refractivity contribution is 6.30. The van der Waals surface area contributed by atoms with Crippen LogP contribution in [0, 0.1) is 6.92 Å². The van der Waals surface area contributed by atoms with Crippen molar-refractivity contribution in [3.05, 3.63) is 64.2 Å². The van der Waals surface area contributed by atoms with E-state index in [-0.39, 0.29) is 25.0 Å². The first-order chi connectivity index (χ1) is 12.4. The number of carbonyl (C=O) groups excluding carboxylic acids is 2. The van der Waals surface area contributed by atoms with Crippen molar-refractivity contribution in [1.82, 2.24) is 4.90 Å². The third kappa shape index (κ3) is 4.24. The van der Waals surface area contributed by atoms with E-state index in [2.05, 4.69) is 5.32 Å². The number of likely N-dealkylation sites (N-methyl/N-ethyl adjacent to an activating group) is 1. The first-order valence-electron chi connectivity index (χ1n) is 8.17. The number of benzene rings is 2. The molecule has 0 aliphatic carbocycles. The van der Waals surface area contributed by atoms with Gasteiger partial charge in [-0.1, -0.05) is 29.3 Å². The highest BCUT2D eigenvalue weighted by atomic mass is 35.5. The van der Waals surface area contributed by atoms with Crippen LogP contribution in [0.25, 0.3) is 6.08 Å². The Balaban J connectivity index is 1.64. The highest BCUT2D eigenvalue weighted by Gasteiger charge is 2.21. The minimum absolute atomic E-state index is 0.0492. The van der Waals surface area contributed by atoms with Crippen LogP contribution < -0.4 is 10.1 Å². The number of hydrogen-bond acceptors (Lipinski definition) is 3. The molecule has 1 aliphatic heterocycles. The second-order valence-corrected chi connectivity index (χ2v) is 6.65. The molecule has 0 spiro atoms. The normalized spacial score (nSPS) is 12.5. The maximum absolute atomic E-state index is 12.6. The number of ether oxygens (including phenoxy) is 1. The standard InChI is InChI=1S/C20H19ClN2O3/c1-13-3-6-17(7-4-13)22-19(24)11-23(2)20(25)15-9-14-10-16(21)5-8-18(14)26-12-15/h3-10H,11-12H2,1-2H3,(H,22,24). The second-order valence-electron chi connectivity index (χ2n) is 6.22. The van der Waals surface area contributed by atoms with Crippen molar-refractivity contribution in [3.8, 4) is 5.75 Å². The minimum Gasteiger partial charge on any atom is -0.488 e. The average Bonchev–Trinajstić information content (AvgIpc) is 2.62. The summed E-state index contributed by atoms with van der Waals surface area (Å²) >= 11 is 5.99. The van der Waals surface area contributed by atoms with E-state index >= 15 is 0 Å². The molecule has 0 atom stereocenters. The summed E-state index contributed by atoms with van der Waals surface area (Å²) in [5.74, 6) is 0.172. The lowest BCUT2D eigenvalue weighted by molar-refractivity contribution is -0.130. The number of anilines is 1. The smallest absolute Gasteiger partial charge is 0.253 e. The number of aryl methyl sites for hydroxylation is 1. The fourth-order valence-corrected chi connectivity index (χ4v) is 2.82. The first-order valence-corrected chi connectivity index (χ1v) is 8.55. The van der Waals surface area contributed by atoms with Crippen LogP contribution in [0.2, 0.25) is 5.02 Å². The van der Waals surface area contributed by atoms with Crippen molar-refractivity contribution in [2.75, 3.05) is 25.5 Å². The van der Waals surface area contributed by atoms with Gasteiger partial charge < -0.3 is 15.0 Å². The molecule has 2 aromatic carbocycles. The van der Waals surface area contributed by atoms with Gasteiger partial charge in [0, 0.05) is 23.3 Å². The lowest BCUT2D eigenvalue weighted by atomic mass is 10.1. The van der Waals surface area contributed by atoms with E-state index in [1.165, 1.54) is 4.90 Å². The number of rotatable bonds is 4. The van der Waals surface area contributed by atoms with Crippen molar-refractivity contribution in [1.29, 1.82) is 0 Å². The Hall–Kier alpha value is -2.79. The molecule has 0 saturated carbocycles. The number of halogens is 1. The van der Waals surface area contributed by atoms with E-state index < -0.39 is 0 Å². The Morgan fingerprint density at radius 1 is 1.19 bits per heavy atom. The van der Waals surface area contributed by atoms with Crippen LogP contribution in [0.4, 0.5) is 5.69 Å². The molecular weight excluding hydrogens is 352 g/mol. The molecule has 0 unspecified atom stereocenters. The zero-order valence-corrected chi connectivity index (χ0v) is 15.3. The summed E-state index contributed by atoms with van der Waals surface area (Å²) in [5, 5.41) is 3.35. The van der Waals surface area contributed by atoms with Crippen LogP contribution in [0.15, 0.2) is 48.0 Å². The van der Waals surface area contributed by atoms with Crippen molar-refractivity contribution in [3.63, 3.8) is 0 Å². The van der Waals surface area contributed by atoms with Gasteiger partial charge in [-0.05, 0) is 43.3 Å². The molecule has 1 aliphatic rings. The van der Waals surface area contributed by atoms with Crippen LogP contribution in [-0.4, -0.2) is 36.9 Å². The number of fused-ring (bicyclic) bond motifs is 1. The summed E-state index contributed by atoms with van der Waals surface area (Å²) in [7, 11) is 1.59. The predicted octanol–water partition coefficient (Wildman–Crippen LogP) is 3.52. The van der Waals surface area contributed by atoms with Gasteiger partial charge in [0.1, 0.15) is 12.4 Å². The Kier molecular flexibility index (Phi) is 5.28. The molecule has 2 amide bonds. The number of hydrogen-bond donors (Lipinski definition) is 1. The molecule has 0 aromatic heterocycles. The molecule has 2 aromatic rings. The van der Waals surface area contributed by atoms with Crippen LogP contribution in [0.3, 0.4) is 0 Å². The van der Waals surface area contributed by atoms with Gasteiger partial charge in [0.25, 0.3) is 5.91 Å². The lowest BCUT2D eigenvalue weighted by Crippen LogP contribution is -2.37.